The number of nitrogens with zero attached hydrogens (tertiary/aromatic N) is 5. The van der Waals surface area contributed by atoms with Crippen molar-refractivity contribution in [3.63, 3.8) is 0 Å². The number of para-hydroxylation sites is 1. The molecule has 0 aliphatic heterocycles. The lowest BCUT2D eigenvalue weighted by Crippen LogP contribution is -2.01. The Labute approximate surface area is 161 Å². The van der Waals surface area contributed by atoms with Crippen LogP contribution in [0.2, 0.25) is 0 Å². The normalized spacial score (nSPS) is 12.2. The molecule has 1 aromatic heterocycles. The summed E-state index contributed by atoms with van der Waals surface area (Å²) in [5.41, 5.74) is 7.22. The first kappa shape index (κ1) is 19.1. The molecule has 12 heteroatoms. The van der Waals surface area contributed by atoms with Crippen molar-refractivity contribution >= 4 is 34.2 Å². The minimum absolute atomic E-state index is 0.0268. The molecule has 0 amide bonds. The van der Waals surface area contributed by atoms with Crippen molar-refractivity contribution in [1.29, 1.82) is 0 Å². The maximum absolute atomic E-state index is 10.9. The topological polar surface area (TPSA) is 161 Å². The molecular weight excluding hydrogens is 388 g/mol. The highest BCUT2D eigenvalue weighted by molar-refractivity contribution is 7.74. The van der Waals surface area contributed by atoms with E-state index in [1.54, 1.807) is 6.92 Å². The molecule has 0 fully saturated rings. The molecule has 1 unspecified atom stereocenters. The fourth-order valence-corrected chi connectivity index (χ4v) is 2.65. The number of non-ortho nitro benzene ring substituents is 1. The molecule has 0 spiro atoms. The monoisotopic (exact) mass is 401 g/mol. The standard InChI is InChI=1S/C16H14N6O5S/c1-10-15(16(17)21(20-10)11-5-3-2-4-6-11)19-18-13-8-7-12(22(23)24)9-14(13)27-28(25)26/h2-9H,17H2,1H3,(H,25,26)/p-1. The number of nitrogen functional groups attached to an aromatic ring is 1. The molecule has 0 aliphatic rings. The Bertz CT molecular complexity index is 1080. The number of hydrogen-bond donors (Lipinski definition) is 1. The molecule has 1 atom stereocenters. The fraction of sp³-hybridized carbons (Fsp3) is 0.0625. The predicted molar refractivity (Wildman–Crippen MR) is 99.5 cm³/mol. The third-order valence-corrected chi connectivity index (χ3v) is 3.95. The van der Waals surface area contributed by atoms with E-state index >= 15 is 0 Å². The number of nitro benzene ring substituents is 1. The largest absolute Gasteiger partial charge is 0.740 e. The molecule has 28 heavy (non-hydrogen) atoms. The second kappa shape index (κ2) is 7.94. The van der Waals surface area contributed by atoms with E-state index in [1.165, 1.54) is 10.7 Å². The molecule has 0 aliphatic carbocycles. The number of benzene rings is 2. The number of nitrogens with two attached hydrogens (primary N) is 1. The Morgan fingerprint density at radius 2 is 1.93 bits per heavy atom. The Kier molecular flexibility index (Phi) is 5.42. The summed E-state index contributed by atoms with van der Waals surface area (Å²) in [6.07, 6.45) is 0. The first-order chi connectivity index (χ1) is 13.4. The Morgan fingerprint density at radius 3 is 2.57 bits per heavy atom. The van der Waals surface area contributed by atoms with E-state index < -0.39 is 16.3 Å². The lowest BCUT2D eigenvalue weighted by molar-refractivity contribution is -0.384. The Hall–Kier alpha value is -3.64. The average Bonchev–Trinajstić information content (AvgIpc) is 2.95. The van der Waals surface area contributed by atoms with E-state index in [0.717, 1.165) is 17.8 Å². The van der Waals surface area contributed by atoms with E-state index in [-0.39, 0.29) is 28.6 Å². The number of aryl methyl sites for hydroxylation is 1. The molecule has 0 radical (unpaired) electrons. The number of rotatable bonds is 6. The van der Waals surface area contributed by atoms with Crippen LogP contribution in [0.15, 0.2) is 58.8 Å². The smallest absolute Gasteiger partial charge is 0.273 e. The highest BCUT2D eigenvalue weighted by atomic mass is 32.2. The van der Waals surface area contributed by atoms with E-state index in [4.69, 9.17) is 5.73 Å². The Balaban J connectivity index is 1.99. The maximum Gasteiger partial charge on any atom is 0.273 e. The highest BCUT2D eigenvalue weighted by Crippen LogP contribution is 2.35. The molecule has 1 heterocycles. The van der Waals surface area contributed by atoms with Crippen LogP contribution in [0.1, 0.15) is 5.69 Å². The van der Waals surface area contributed by atoms with E-state index in [9.17, 15) is 18.9 Å². The summed E-state index contributed by atoms with van der Waals surface area (Å²) in [6.45, 7) is 1.68. The summed E-state index contributed by atoms with van der Waals surface area (Å²) in [4.78, 5) is 10.2. The molecule has 0 bridgehead atoms. The van der Waals surface area contributed by atoms with Gasteiger partial charge in [-0.05, 0) is 25.1 Å². The van der Waals surface area contributed by atoms with E-state index in [0.29, 0.717) is 5.69 Å². The third-order valence-electron chi connectivity index (χ3n) is 3.63. The van der Waals surface area contributed by atoms with Crippen molar-refractivity contribution < 1.29 is 17.9 Å². The van der Waals surface area contributed by atoms with Gasteiger partial charge in [0.2, 0.25) is 0 Å². The number of nitro groups is 1. The number of azo groups is 1. The van der Waals surface area contributed by atoms with Gasteiger partial charge < -0.3 is 14.5 Å². The third kappa shape index (κ3) is 4.02. The van der Waals surface area contributed by atoms with Gasteiger partial charge in [-0.25, -0.2) is 8.89 Å². The van der Waals surface area contributed by atoms with Crippen molar-refractivity contribution in [2.75, 3.05) is 5.73 Å². The van der Waals surface area contributed by atoms with Crippen molar-refractivity contribution in [3.05, 3.63) is 64.3 Å². The summed E-state index contributed by atoms with van der Waals surface area (Å²) in [7, 11) is 0. The number of aromatic nitrogens is 2. The van der Waals surface area contributed by atoms with E-state index in [2.05, 4.69) is 19.5 Å². The molecule has 0 saturated carbocycles. The van der Waals surface area contributed by atoms with Crippen LogP contribution in [0.5, 0.6) is 5.75 Å². The summed E-state index contributed by atoms with van der Waals surface area (Å²) in [5, 5.41) is 23.1. The van der Waals surface area contributed by atoms with Gasteiger partial charge in [0.05, 0.1) is 22.4 Å². The van der Waals surface area contributed by atoms with Crippen molar-refractivity contribution in [3.8, 4) is 11.4 Å². The van der Waals surface area contributed by atoms with Gasteiger partial charge in [0.1, 0.15) is 17.0 Å². The predicted octanol–water partition coefficient (Wildman–Crippen LogP) is 3.26. The molecule has 2 N–H and O–H groups in total. The molecule has 11 nitrogen and oxygen atoms in total. The summed E-state index contributed by atoms with van der Waals surface area (Å²) < 4.78 is 27.7. The first-order valence-electron chi connectivity index (χ1n) is 7.75. The molecule has 3 rings (SSSR count). The van der Waals surface area contributed by atoms with Crippen molar-refractivity contribution in [1.82, 2.24) is 9.78 Å². The van der Waals surface area contributed by atoms with Crippen LogP contribution in [0.3, 0.4) is 0 Å². The van der Waals surface area contributed by atoms with Crippen LogP contribution in [0.25, 0.3) is 5.69 Å². The second-order valence-corrected chi connectivity index (χ2v) is 6.04. The van der Waals surface area contributed by atoms with Crippen LogP contribution in [-0.2, 0) is 11.4 Å². The van der Waals surface area contributed by atoms with Crippen LogP contribution >= 0.6 is 0 Å². The van der Waals surface area contributed by atoms with Crippen molar-refractivity contribution in [2.45, 2.75) is 6.92 Å². The van der Waals surface area contributed by atoms with Gasteiger partial charge in [0, 0.05) is 6.07 Å². The van der Waals surface area contributed by atoms with Gasteiger partial charge in [-0.3, -0.25) is 10.1 Å². The second-order valence-electron chi connectivity index (χ2n) is 5.46. The van der Waals surface area contributed by atoms with Gasteiger partial charge >= 0.3 is 0 Å². The zero-order chi connectivity index (χ0) is 20.3. The van der Waals surface area contributed by atoms with Gasteiger partial charge in [-0.1, -0.05) is 18.2 Å². The van der Waals surface area contributed by atoms with Crippen LogP contribution in [0.4, 0.5) is 22.9 Å². The zero-order valence-corrected chi connectivity index (χ0v) is 15.2. The molecule has 3 aromatic rings. The molecule has 0 saturated heterocycles. The minimum atomic E-state index is -2.94. The SMILES string of the molecule is Cc1nn(-c2ccccc2)c(N)c1N=Nc1ccc([N+](=O)[O-])cc1OS(=O)[O-]. The van der Waals surface area contributed by atoms with Gasteiger partial charge in [0.15, 0.2) is 17.3 Å². The molecule has 2 aromatic carbocycles. The van der Waals surface area contributed by atoms with E-state index in [1.807, 2.05) is 30.3 Å². The molecule has 144 valence electrons. The summed E-state index contributed by atoms with van der Waals surface area (Å²) in [6, 6.07) is 12.5. The fourth-order valence-electron chi connectivity index (χ4n) is 2.37. The average molecular weight is 401 g/mol. The van der Waals surface area contributed by atoms with Crippen molar-refractivity contribution in [2.24, 2.45) is 10.2 Å². The molecular formula is C16H13N6O5S-. The summed E-state index contributed by atoms with van der Waals surface area (Å²) in [5.74, 6) is -0.109. The lowest BCUT2D eigenvalue weighted by Gasteiger charge is -2.08. The van der Waals surface area contributed by atoms with Crippen LogP contribution in [0, 0.1) is 17.0 Å². The number of hydrogen-bond acceptors (Lipinski definition) is 9. The quantitative estimate of drug-likeness (QED) is 0.287. The highest BCUT2D eigenvalue weighted by Gasteiger charge is 2.15. The number of anilines is 1. The van der Waals surface area contributed by atoms with Gasteiger partial charge in [-0.15, -0.1) is 10.2 Å². The van der Waals surface area contributed by atoms with Crippen LogP contribution in [-0.4, -0.2) is 23.5 Å². The lowest BCUT2D eigenvalue weighted by atomic mass is 10.2. The van der Waals surface area contributed by atoms with Crippen LogP contribution < -0.4 is 9.92 Å². The minimum Gasteiger partial charge on any atom is -0.740 e. The summed E-state index contributed by atoms with van der Waals surface area (Å²) >= 11 is -2.94. The maximum atomic E-state index is 10.9. The van der Waals surface area contributed by atoms with Gasteiger partial charge in [-0.2, -0.15) is 5.10 Å². The van der Waals surface area contributed by atoms with Gasteiger partial charge in [0.25, 0.3) is 5.69 Å². The Morgan fingerprint density at radius 1 is 1.21 bits per heavy atom. The first-order valence-corrected chi connectivity index (χ1v) is 8.75. The zero-order valence-electron chi connectivity index (χ0n) is 14.4.